The monoisotopic (exact) mass is 307 g/mol. The van der Waals surface area contributed by atoms with Crippen molar-refractivity contribution in [1.82, 2.24) is 20.1 Å². The molecule has 7 nitrogen and oxygen atoms in total. The van der Waals surface area contributed by atoms with Crippen molar-refractivity contribution in [3.8, 4) is 0 Å². The summed E-state index contributed by atoms with van der Waals surface area (Å²) in [4.78, 5) is 27.6. The molecule has 21 heavy (non-hydrogen) atoms. The number of anilines is 1. The van der Waals surface area contributed by atoms with Crippen molar-refractivity contribution in [2.24, 2.45) is 0 Å². The first-order valence-corrected chi connectivity index (χ1v) is 7.49. The smallest absolute Gasteiger partial charge is 0.255 e. The molecule has 0 saturated carbocycles. The lowest BCUT2D eigenvalue weighted by atomic mass is 10.2. The minimum absolute atomic E-state index is 0.100. The molecule has 0 aliphatic rings. The fourth-order valence-corrected chi connectivity index (χ4v) is 2.36. The first-order chi connectivity index (χ1) is 10.1. The molecule has 2 aromatic rings. The molecule has 0 spiro atoms. The molecule has 0 unspecified atom stereocenters. The van der Waals surface area contributed by atoms with Gasteiger partial charge in [0.25, 0.3) is 5.91 Å². The van der Waals surface area contributed by atoms with Crippen molar-refractivity contribution in [1.29, 1.82) is 0 Å². The Labute approximate surface area is 126 Å². The molecule has 0 aromatic carbocycles. The Kier molecular flexibility index (Phi) is 5.04. The van der Waals surface area contributed by atoms with Gasteiger partial charge in [0.05, 0.1) is 18.3 Å². The first-order valence-electron chi connectivity index (χ1n) is 6.61. The molecule has 0 aliphatic heterocycles. The Morgan fingerprint density at radius 3 is 2.90 bits per heavy atom. The molecule has 2 N–H and O–H groups in total. The van der Waals surface area contributed by atoms with Gasteiger partial charge in [0.2, 0.25) is 5.91 Å². The number of rotatable bonds is 6. The van der Waals surface area contributed by atoms with Crippen LogP contribution in [-0.2, 0) is 11.3 Å². The van der Waals surface area contributed by atoms with Crippen molar-refractivity contribution >= 4 is 28.3 Å². The Morgan fingerprint density at radius 1 is 1.43 bits per heavy atom. The zero-order chi connectivity index (χ0) is 15.2. The Hall–Kier alpha value is -2.22. The number of thiazole rings is 1. The van der Waals surface area contributed by atoms with Crippen molar-refractivity contribution in [2.75, 3.05) is 11.9 Å². The van der Waals surface area contributed by atoms with Gasteiger partial charge in [-0.05, 0) is 13.3 Å². The van der Waals surface area contributed by atoms with Crippen LogP contribution in [0.5, 0.6) is 0 Å². The number of nitrogens with one attached hydrogen (secondary N) is 2. The summed E-state index contributed by atoms with van der Waals surface area (Å²) in [6.45, 7) is 4.55. The van der Waals surface area contributed by atoms with Crippen molar-refractivity contribution in [3.05, 3.63) is 29.0 Å². The molecule has 0 bridgehead atoms. The van der Waals surface area contributed by atoms with E-state index in [0.717, 1.165) is 18.7 Å². The number of carbonyl (C=O) groups is 2. The van der Waals surface area contributed by atoms with Crippen LogP contribution in [0.4, 0.5) is 5.13 Å². The second kappa shape index (κ2) is 6.98. The zero-order valence-electron chi connectivity index (χ0n) is 11.9. The highest BCUT2D eigenvalue weighted by atomic mass is 32.1. The highest BCUT2D eigenvalue weighted by Gasteiger charge is 2.15. The third-order valence-electron chi connectivity index (χ3n) is 2.87. The van der Waals surface area contributed by atoms with Crippen LogP contribution < -0.4 is 10.6 Å². The molecular weight excluding hydrogens is 290 g/mol. The first kappa shape index (κ1) is 15.2. The van der Waals surface area contributed by atoms with Gasteiger partial charge in [-0.1, -0.05) is 6.92 Å². The topological polar surface area (TPSA) is 88.9 Å². The van der Waals surface area contributed by atoms with Crippen molar-refractivity contribution in [3.63, 3.8) is 0 Å². The number of aromatic nitrogens is 3. The Bertz CT molecular complexity index is 621. The van der Waals surface area contributed by atoms with E-state index in [-0.39, 0.29) is 18.4 Å². The van der Waals surface area contributed by atoms with E-state index in [0.29, 0.717) is 10.7 Å². The molecule has 0 fully saturated rings. The van der Waals surface area contributed by atoms with Crippen LogP contribution in [0.3, 0.4) is 0 Å². The quantitative estimate of drug-likeness (QED) is 0.845. The molecule has 0 saturated heterocycles. The predicted molar refractivity (Wildman–Crippen MR) is 80.3 cm³/mol. The average Bonchev–Trinajstić information content (AvgIpc) is 3.08. The third kappa shape index (κ3) is 3.88. The van der Waals surface area contributed by atoms with Crippen LogP contribution in [0.2, 0.25) is 0 Å². The molecule has 112 valence electrons. The highest BCUT2D eigenvalue weighted by molar-refractivity contribution is 7.13. The number of carbonyl (C=O) groups excluding carboxylic acids is 2. The molecule has 2 heterocycles. The van der Waals surface area contributed by atoms with Crippen LogP contribution in [0.15, 0.2) is 17.8 Å². The molecule has 2 aromatic heterocycles. The summed E-state index contributed by atoms with van der Waals surface area (Å²) in [5, 5.41) is 11.6. The summed E-state index contributed by atoms with van der Waals surface area (Å²) in [6, 6.07) is 0. The molecular formula is C13H17N5O2S. The van der Waals surface area contributed by atoms with Gasteiger partial charge in [0.15, 0.2) is 5.13 Å². The SMILES string of the molecule is CCCn1ncc(C(=O)NCC(=O)Nc2nccs2)c1C. The number of aryl methyl sites for hydroxylation is 1. The van der Waals surface area contributed by atoms with E-state index >= 15 is 0 Å². The second-order valence-electron chi connectivity index (χ2n) is 4.43. The lowest BCUT2D eigenvalue weighted by molar-refractivity contribution is -0.115. The molecule has 0 radical (unpaired) electrons. The number of amides is 2. The van der Waals surface area contributed by atoms with E-state index in [1.807, 2.05) is 13.8 Å². The molecule has 2 rings (SSSR count). The Morgan fingerprint density at radius 2 is 2.24 bits per heavy atom. The average molecular weight is 307 g/mol. The van der Waals surface area contributed by atoms with Gasteiger partial charge in [-0.3, -0.25) is 14.3 Å². The van der Waals surface area contributed by atoms with E-state index in [1.54, 1.807) is 16.3 Å². The van der Waals surface area contributed by atoms with Crippen molar-refractivity contribution in [2.45, 2.75) is 26.8 Å². The van der Waals surface area contributed by atoms with Crippen LogP contribution in [0.25, 0.3) is 0 Å². The number of hydrogen-bond donors (Lipinski definition) is 2. The van der Waals surface area contributed by atoms with Gasteiger partial charge in [0, 0.05) is 23.8 Å². The number of nitrogens with zero attached hydrogens (tertiary/aromatic N) is 3. The summed E-state index contributed by atoms with van der Waals surface area (Å²) in [5.74, 6) is -0.610. The molecule has 8 heteroatoms. The van der Waals surface area contributed by atoms with Gasteiger partial charge in [-0.25, -0.2) is 4.98 Å². The maximum atomic E-state index is 12.0. The van der Waals surface area contributed by atoms with E-state index in [9.17, 15) is 9.59 Å². The van der Waals surface area contributed by atoms with E-state index in [2.05, 4.69) is 20.7 Å². The van der Waals surface area contributed by atoms with Crippen LogP contribution in [0, 0.1) is 6.92 Å². The summed E-state index contributed by atoms with van der Waals surface area (Å²) in [5.41, 5.74) is 1.29. The summed E-state index contributed by atoms with van der Waals surface area (Å²) < 4.78 is 1.78. The van der Waals surface area contributed by atoms with Gasteiger partial charge < -0.3 is 10.6 Å². The highest BCUT2D eigenvalue weighted by Crippen LogP contribution is 2.10. The van der Waals surface area contributed by atoms with E-state index < -0.39 is 0 Å². The minimum Gasteiger partial charge on any atom is -0.343 e. The van der Waals surface area contributed by atoms with Crippen LogP contribution in [0.1, 0.15) is 29.4 Å². The standard InChI is InChI=1S/C13H17N5O2S/c1-3-5-18-9(2)10(7-16-18)12(20)15-8-11(19)17-13-14-4-6-21-13/h4,6-7H,3,5,8H2,1-2H3,(H,15,20)(H,14,17,19). The third-order valence-corrected chi connectivity index (χ3v) is 3.56. The molecule has 0 atom stereocenters. The van der Waals surface area contributed by atoms with Gasteiger partial charge in [0.1, 0.15) is 0 Å². The fraction of sp³-hybridized carbons (Fsp3) is 0.385. The number of hydrogen-bond acceptors (Lipinski definition) is 5. The van der Waals surface area contributed by atoms with Crippen molar-refractivity contribution < 1.29 is 9.59 Å². The van der Waals surface area contributed by atoms with Crippen LogP contribution in [-0.4, -0.2) is 33.1 Å². The lowest BCUT2D eigenvalue weighted by Gasteiger charge is -2.05. The minimum atomic E-state index is -0.308. The van der Waals surface area contributed by atoms with Gasteiger partial charge >= 0.3 is 0 Å². The van der Waals surface area contributed by atoms with E-state index in [4.69, 9.17) is 0 Å². The maximum absolute atomic E-state index is 12.0. The summed E-state index contributed by atoms with van der Waals surface area (Å²) in [7, 11) is 0. The molecule has 2 amide bonds. The Balaban J connectivity index is 1.88. The van der Waals surface area contributed by atoms with Gasteiger partial charge in [-0.15, -0.1) is 11.3 Å². The van der Waals surface area contributed by atoms with Crippen LogP contribution >= 0.6 is 11.3 Å². The second-order valence-corrected chi connectivity index (χ2v) is 5.33. The zero-order valence-corrected chi connectivity index (χ0v) is 12.7. The summed E-state index contributed by atoms with van der Waals surface area (Å²) in [6.07, 6.45) is 4.07. The maximum Gasteiger partial charge on any atom is 0.255 e. The van der Waals surface area contributed by atoms with Gasteiger partial charge in [-0.2, -0.15) is 5.10 Å². The molecule has 0 aliphatic carbocycles. The summed E-state index contributed by atoms with van der Waals surface area (Å²) >= 11 is 1.32. The van der Waals surface area contributed by atoms with E-state index in [1.165, 1.54) is 17.5 Å². The lowest BCUT2D eigenvalue weighted by Crippen LogP contribution is -2.33. The largest absolute Gasteiger partial charge is 0.343 e. The normalized spacial score (nSPS) is 10.4. The fourth-order valence-electron chi connectivity index (χ4n) is 1.81. The predicted octanol–water partition coefficient (Wildman–Crippen LogP) is 1.43.